The van der Waals surface area contributed by atoms with Crippen LogP contribution in [0.3, 0.4) is 0 Å². The van der Waals surface area contributed by atoms with Crippen LogP contribution in [0, 0.1) is 5.92 Å². The first kappa shape index (κ1) is 25.3. The maximum atomic E-state index is 12.0. The van der Waals surface area contributed by atoms with E-state index in [0.29, 0.717) is 0 Å². The molecule has 0 aromatic heterocycles. The molecule has 0 fully saturated rings. The molecule has 0 spiro atoms. The Bertz CT molecular complexity index is 625. The summed E-state index contributed by atoms with van der Waals surface area (Å²) in [4.78, 5) is 23.9. The molecule has 164 valence electrons. The van der Waals surface area contributed by atoms with E-state index in [1.54, 1.807) is 11.8 Å². The van der Waals surface area contributed by atoms with Crippen molar-refractivity contribution in [3.05, 3.63) is 35.4 Å². The number of thioether (sulfide) groups is 1. The monoisotopic (exact) mass is 423 g/mol. The lowest BCUT2D eigenvalue weighted by Crippen LogP contribution is -2.29. The largest absolute Gasteiger partial charge is 0.462 e. The fraction of sp³-hybridized carbons (Fsp3) is 0.652. The van der Waals surface area contributed by atoms with Gasteiger partial charge in [0, 0.05) is 5.75 Å². The van der Waals surface area contributed by atoms with Gasteiger partial charge in [-0.3, -0.25) is 4.79 Å². The third kappa shape index (κ3) is 10.1. The van der Waals surface area contributed by atoms with E-state index >= 15 is 0 Å². The Morgan fingerprint density at radius 1 is 1.07 bits per heavy atom. The van der Waals surface area contributed by atoms with Crippen molar-refractivity contribution in [3.8, 4) is 0 Å². The standard InChI is InChI=1S/C23H37NO4S/c1-7-8-15-29-16-17(2)21(25)27-13-14-28-22(26)24-18(3)19-9-11-20(12-10-19)23(4,5)6/h9-12,17-18H,7-8,13-16H2,1-6H3,(H,24,26). The fourth-order valence-electron chi connectivity index (χ4n) is 2.57. The Labute approximate surface area is 180 Å². The summed E-state index contributed by atoms with van der Waals surface area (Å²) < 4.78 is 10.3. The van der Waals surface area contributed by atoms with E-state index in [-0.39, 0.29) is 36.6 Å². The molecular weight excluding hydrogens is 386 g/mol. The van der Waals surface area contributed by atoms with Crippen LogP contribution in [0.4, 0.5) is 4.79 Å². The van der Waals surface area contributed by atoms with Crippen molar-refractivity contribution in [2.75, 3.05) is 24.7 Å². The average Bonchev–Trinajstić information content (AvgIpc) is 2.67. The fourth-order valence-corrected chi connectivity index (χ4v) is 3.72. The van der Waals surface area contributed by atoms with E-state index in [1.165, 1.54) is 5.56 Å². The number of benzene rings is 1. The lowest BCUT2D eigenvalue weighted by atomic mass is 9.86. The third-order valence-electron chi connectivity index (χ3n) is 4.58. The Kier molecular flexibility index (Phi) is 11.2. The molecule has 2 unspecified atom stereocenters. The first-order valence-corrected chi connectivity index (χ1v) is 11.6. The van der Waals surface area contributed by atoms with Crippen molar-refractivity contribution in [1.29, 1.82) is 0 Å². The van der Waals surface area contributed by atoms with Crippen LogP contribution in [0.25, 0.3) is 0 Å². The smallest absolute Gasteiger partial charge is 0.407 e. The highest BCUT2D eigenvalue weighted by Crippen LogP contribution is 2.23. The van der Waals surface area contributed by atoms with E-state index in [4.69, 9.17) is 9.47 Å². The van der Waals surface area contributed by atoms with Crippen molar-refractivity contribution in [2.24, 2.45) is 5.92 Å². The quantitative estimate of drug-likeness (QED) is 0.377. The lowest BCUT2D eigenvalue weighted by molar-refractivity contribution is -0.148. The van der Waals surface area contributed by atoms with E-state index in [2.05, 4.69) is 45.1 Å². The Balaban J connectivity index is 2.27. The van der Waals surface area contributed by atoms with Crippen LogP contribution in [0.1, 0.15) is 71.6 Å². The number of nitrogens with one attached hydrogen (secondary N) is 1. The lowest BCUT2D eigenvalue weighted by Gasteiger charge is -2.20. The number of hydrogen-bond donors (Lipinski definition) is 1. The topological polar surface area (TPSA) is 64.6 Å². The van der Waals surface area contributed by atoms with Gasteiger partial charge in [0.1, 0.15) is 13.2 Å². The maximum absolute atomic E-state index is 12.0. The van der Waals surface area contributed by atoms with Gasteiger partial charge in [-0.2, -0.15) is 11.8 Å². The molecule has 1 aromatic rings. The molecule has 2 atom stereocenters. The number of carbonyl (C=O) groups excluding carboxylic acids is 2. The third-order valence-corrected chi connectivity index (χ3v) is 5.90. The molecule has 1 N–H and O–H groups in total. The van der Waals surface area contributed by atoms with E-state index in [9.17, 15) is 9.59 Å². The first-order valence-electron chi connectivity index (χ1n) is 10.4. The minimum atomic E-state index is -0.517. The van der Waals surface area contributed by atoms with Crippen molar-refractivity contribution in [3.63, 3.8) is 0 Å². The number of hydrogen-bond acceptors (Lipinski definition) is 5. The number of amides is 1. The molecule has 0 radical (unpaired) electrons. The molecule has 5 nitrogen and oxygen atoms in total. The van der Waals surface area contributed by atoms with Gasteiger partial charge in [-0.1, -0.05) is 65.3 Å². The van der Waals surface area contributed by atoms with Crippen LogP contribution in [0.2, 0.25) is 0 Å². The van der Waals surface area contributed by atoms with Crippen LogP contribution in [0.5, 0.6) is 0 Å². The molecule has 29 heavy (non-hydrogen) atoms. The van der Waals surface area contributed by atoms with Crippen LogP contribution in [-0.2, 0) is 19.7 Å². The zero-order valence-corrected chi connectivity index (χ0v) is 19.6. The Hall–Kier alpha value is -1.69. The highest BCUT2D eigenvalue weighted by Gasteiger charge is 2.16. The van der Waals surface area contributed by atoms with E-state index in [0.717, 1.165) is 29.9 Å². The Morgan fingerprint density at radius 3 is 2.28 bits per heavy atom. The highest BCUT2D eigenvalue weighted by molar-refractivity contribution is 7.99. The number of ether oxygens (including phenoxy) is 2. The SMILES string of the molecule is CCCCSCC(C)C(=O)OCCOC(=O)NC(C)c1ccc(C(C)(C)C)cc1. The van der Waals surface area contributed by atoms with Crippen LogP contribution >= 0.6 is 11.8 Å². The van der Waals surface area contributed by atoms with Gasteiger partial charge in [0.25, 0.3) is 0 Å². The van der Waals surface area contributed by atoms with Crippen molar-refractivity contribution < 1.29 is 19.1 Å². The minimum absolute atomic E-state index is 0.0446. The summed E-state index contributed by atoms with van der Waals surface area (Å²) in [6.07, 6.45) is 1.80. The molecule has 0 bridgehead atoms. The minimum Gasteiger partial charge on any atom is -0.462 e. The summed E-state index contributed by atoms with van der Waals surface area (Å²) in [7, 11) is 0. The van der Waals surface area contributed by atoms with Gasteiger partial charge in [0.15, 0.2) is 0 Å². The number of alkyl carbamates (subject to hydrolysis) is 1. The summed E-state index contributed by atoms with van der Waals surface area (Å²) in [6.45, 7) is 12.5. The predicted octanol–water partition coefficient (Wildman–Crippen LogP) is 5.48. The zero-order valence-electron chi connectivity index (χ0n) is 18.7. The molecular formula is C23H37NO4S. The maximum Gasteiger partial charge on any atom is 0.407 e. The summed E-state index contributed by atoms with van der Waals surface area (Å²) in [5, 5.41) is 2.80. The van der Waals surface area contributed by atoms with Gasteiger partial charge in [-0.15, -0.1) is 0 Å². The predicted molar refractivity (Wildman–Crippen MR) is 120 cm³/mol. The molecule has 0 aliphatic heterocycles. The second-order valence-corrected chi connectivity index (χ2v) is 9.52. The second kappa shape index (κ2) is 12.8. The van der Waals surface area contributed by atoms with E-state index < -0.39 is 6.09 Å². The van der Waals surface area contributed by atoms with Gasteiger partial charge in [0.2, 0.25) is 0 Å². The summed E-state index contributed by atoms with van der Waals surface area (Å²) >= 11 is 1.77. The molecule has 0 heterocycles. The van der Waals surface area contributed by atoms with Crippen molar-refractivity contribution in [2.45, 2.75) is 65.8 Å². The molecule has 0 aliphatic rings. The molecule has 0 saturated heterocycles. The highest BCUT2D eigenvalue weighted by atomic mass is 32.2. The second-order valence-electron chi connectivity index (χ2n) is 8.37. The summed E-state index contributed by atoms with van der Waals surface area (Å²) in [5.74, 6) is 1.42. The van der Waals surface area contributed by atoms with Gasteiger partial charge < -0.3 is 14.8 Å². The van der Waals surface area contributed by atoms with Gasteiger partial charge in [-0.25, -0.2) is 4.79 Å². The van der Waals surface area contributed by atoms with Crippen molar-refractivity contribution >= 4 is 23.8 Å². The molecule has 0 saturated carbocycles. The number of rotatable bonds is 11. The zero-order chi connectivity index (χ0) is 21.9. The number of esters is 1. The van der Waals surface area contributed by atoms with Gasteiger partial charge in [-0.05, 0) is 35.6 Å². The van der Waals surface area contributed by atoms with Crippen LogP contribution in [-0.4, -0.2) is 36.8 Å². The molecule has 6 heteroatoms. The van der Waals surface area contributed by atoms with Gasteiger partial charge >= 0.3 is 12.1 Å². The van der Waals surface area contributed by atoms with E-state index in [1.807, 2.05) is 26.0 Å². The van der Waals surface area contributed by atoms with Gasteiger partial charge in [0.05, 0.1) is 12.0 Å². The Morgan fingerprint density at radius 2 is 1.69 bits per heavy atom. The van der Waals surface area contributed by atoms with Crippen molar-refractivity contribution in [1.82, 2.24) is 5.32 Å². The molecule has 0 aliphatic carbocycles. The molecule has 1 amide bonds. The van der Waals surface area contributed by atoms with Crippen LogP contribution < -0.4 is 5.32 Å². The number of unbranched alkanes of at least 4 members (excludes halogenated alkanes) is 1. The normalized spacial score (nSPS) is 13.4. The first-order chi connectivity index (χ1) is 13.6. The molecule has 1 aromatic carbocycles. The average molecular weight is 424 g/mol. The van der Waals surface area contributed by atoms with Crippen LogP contribution in [0.15, 0.2) is 24.3 Å². The summed E-state index contributed by atoms with van der Waals surface area (Å²) in [6, 6.07) is 8.04. The molecule has 1 rings (SSSR count). The summed E-state index contributed by atoms with van der Waals surface area (Å²) in [5.41, 5.74) is 2.35. The number of carbonyl (C=O) groups is 2.